The Morgan fingerprint density at radius 2 is 0.866 bits per heavy atom. The molecule has 1 heterocycles. The van der Waals surface area contributed by atoms with Gasteiger partial charge in [0, 0.05) is 32.9 Å². The second-order valence-corrected chi connectivity index (χ2v) is 28.8. The molecule has 1 saturated heterocycles. The number of nitrogens with two attached hydrogens (primary N) is 1. The standard InChI is InChI=1S/C16H23ClO2.C16H23N3O2.C16H25NO2.C13H17BrO.C7H14O.C6H5BrO.C3H5ClO.CH3F/c17-11-15(18)9-14-7-4-8-16(10-14)19-12-13-5-2-1-3-6-13;17-19-18-11-15(20)9-14-7-4-8-16(10-14)21-12-13-5-2-1-3-6-13;17-11-15(18)9-14-7-4-8-16(10-14)19-12-13-5-2-1-3-6-13;14-12-7-4-8-13(9-12)15-10-11-5-2-1-3-6-11;8-6-7-4-2-1-3-5-7;7-5-2-1-3-6(8)4-5;4-1-3-2-5-3;1-2/h4,7-8,10,13,15,18H,1-3,5-6,9,11-12H2;4,7-8,10,13,15,20H,1-3,5-6,9,11-12H2;4,7-8,10,13,15,18H,1-3,5-6,9,11-12,17H2;4,7-9,11H,1-3,5-6,10H2;7-8H,1-6H2;1-4,8H;3H,1-2H2;1H3/i;;;;;;;1D. The molecule has 0 aromatic heterocycles. The summed E-state index contributed by atoms with van der Waals surface area (Å²) in [6, 6.07) is 38.8. The molecule has 0 radical (unpaired) electrons. The quantitative estimate of drug-likeness (QED) is 0.0112. The predicted octanol–water partition coefficient (Wildman–Crippen LogP) is 19.5. The molecule has 97 heavy (non-hydrogen) atoms. The van der Waals surface area contributed by atoms with Crippen LogP contribution in [0.25, 0.3) is 10.4 Å². The lowest BCUT2D eigenvalue weighted by atomic mass is 9.90. The summed E-state index contributed by atoms with van der Waals surface area (Å²) in [5.74, 6) is 8.41. The van der Waals surface area contributed by atoms with Crippen LogP contribution in [0.15, 0.2) is 135 Å². The average molecular weight is 1520 g/mol. The van der Waals surface area contributed by atoms with Crippen LogP contribution in [-0.2, 0) is 24.0 Å². The zero-order valence-corrected chi connectivity index (χ0v) is 62.1. The van der Waals surface area contributed by atoms with Crippen molar-refractivity contribution in [3.63, 3.8) is 0 Å². The number of benzene rings is 5. The Hall–Kier alpha value is -4.36. The fourth-order valence-electron chi connectivity index (χ4n) is 12.3. The van der Waals surface area contributed by atoms with Crippen LogP contribution in [0.5, 0.6) is 28.7 Å². The van der Waals surface area contributed by atoms with Gasteiger partial charge in [0.05, 0.1) is 78.4 Å². The molecule has 7 N–H and O–H groups in total. The largest absolute Gasteiger partial charge is 0.508 e. The van der Waals surface area contributed by atoms with Crippen LogP contribution < -0.4 is 24.7 Å². The van der Waals surface area contributed by atoms with Gasteiger partial charge in [0.15, 0.2) is 0 Å². The number of phenolic OH excluding ortho intramolecular Hbond substituents is 1. The monoisotopic (exact) mass is 1520 g/mol. The van der Waals surface area contributed by atoms with Crippen molar-refractivity contribution in [2.75, 3.05) is 71.6 Å². The van der Waals surface area contributed by atoms with Crippen molar-refractivity contribution in [2.24, 2.45) is 40.4 Å². The first kappa shape index (κ1) is 83.3. The highest BCUT2D eigenvalue weighted by atomic mass is 79.9. The molecule has 4 unspecified atom stereocenters. The van der Waals surface area contributed by atoms with Gasteiger partial charge in [-0.3, -0.25) is 4.39 Å². The molecule has 11 rings (SSSR count). The molecule has 6 aliphatic rings. The van der Waals surface area contributed by atoms with E-state index in [9.17, 15) is 19.7 Å². The molecule has 5 saturated carbocycles. The normalized spacial score (nSPS) is 18.2. The number of aliphatic hydroxyl groups is 4. The van der Waals surface area contributed by atoms with Crippen molar-refractivity contribution < 1.29 is 55.0 Å². The van der Waals surface area contributed by atoms with Crippen LogP contribution in [0, 0.1) is 29.6 Å². The predicted molar refractivity (Wildman–Crippen MR) is 402 cm³/mol. The molecule has 5 aromatic rings. The zero-order valence-electron chi connectivity index (χ0n) is 58.4. The summed E-state index contributed by atoms with van der Waals surface area (Å²) in [5, 5.41) is 49.7. The molecule has 1 aliphatic heterocycles. The van der Waals surface area contributed by atoms with E-state index in [2.05, 4.69) is 41.9 Å². The lowest BCUT2D eigenvalue weighted by Gasteiger charge is -2.21. The van der Waals surface area contributed by atoms with Gasteiger partial charge in [-0.25, -0.2) is 0 Å². The summed E-state index contributed by atoms with van der Waals surface area (Å²) in [6.07, 6.45) is 33.8. The van der Waals surface area contributed by atoms with Crippen molar-refractivity contribution in [3.8, 4) is 28.7 Å². The Morgan fingerprint density at radius 1 is 0.536 bits per heavy atom. The molecular weight excluding hydrogens is 1400 g/mol. The molecule has 0 amide bonds. The minimum absolute atomic E-state index is 0.101. The fourth-order valence-corrected chi connectivity index (χ4v) is 13.3. The maximum absolute atomic E-state index is 9.96. The van der Waals surface area contributed by atoms with Gasteiger partial charge in [-0.15, -0.1) is 23.2 Å². The lowest BCUT2D eigenvalue weighted by molar-refractivity contribution is 0.182. The molecule has 19 heteroatoms. The highest BCUT2D eigenvalue weighted by molar-refractivity contribution is 9.10. The van der Waals surface area contributed by atoms with E-state index in [0.29, 0.717) is 73.8 Å². The van der Waals surface area contributed by atoms with Crippen LogP contribution in [0.2, 0.25) is 0 Å². The Balaban J connectivity index is 0.000000250. The number of epoxide rings is 1. The van der Waals surface area contributed by atoms with Gasteiger partial charge in [-0.2, -0.15) is 0 Å². The van der Waals surface area contributed by atoms with Gasteiger partial charge in [-0.1, -0.05) is 182 Å². The average Bonchev–Trinajstić information content (AvgIpc) is 1.30. The highest BCUT2D eigenvalue weighted by Gasteiger charge is 2.21. The van der Waals surface area contributed by atoms with Crippen LogP contribution in [0.1, 0.15) is 179 Å². The molecule has 542 valence electrons. The second kappa shape index (κ2) is 54.4. The summed E-state index contributed by atoms with van der Waals surface area (Å²) in [4.78, 5) is 2.66. The molecule has 6 fully saturated rings. The summed E-state index contributed by atoms with van der Waals surface area (Å²) in [7, 11) is -1.00. The number of nitrogens with zero attached hydrogens (tertiary/aromatic N) is 3. The lowest BCUT2D eigenvalue weighted by Crippen LogP contribution is -2.22. The first-order valence-electron chi connectivity index (χ1n) is 36.4. The zero-order chi connectivity index (χ0) is 70.6. The number of ether oxygens (including phenoxy) is 5. The van der Waals surface area contributed by atoms with E-state index >= 15 is 0 Å². The molecule has 0 bridgehead atoms. The number of rotatable bonds is 24. The Morgan fingerprint density at radius 3 is 1.14 bits per heavy atom. The fraction of sp³-hybridized carbons (Fsp3) is 0.615. The van der Waals surface area contributed by atoms with Gasteiger partial charge in [0.1, 0.15) is 28.7 Å². The third kappa shape index (κ3) is 41.9. The summed E-state index contributed by atoms with van der Waals surface area (Å²) in [5.41, 5.74) is 16.8. The number of alkyl halides is 3. The number of hydrogen-bond donors (Lipinski definition) is 6. The molecular formula is C78H115Br2Cl2FN4O10. The second-order valence-electron chi connectivity index (χ2n) is 26.3. The van der Waals surface area contributed by atoms with Gasteiger partial charge in [0.2, 0.25) is 0 Å². The van der Waals surface area contributed by atoms with Crippen molar-refractivity contribution in [1.29, 1.82) is 0 Å². The summed E-state index contributed by atoms with van der Waals surface area (Å²) in [6.45, 7) is 5.01. The Labute approximate surface area is 608 Å². The molecule has 5 aromatic carbocycles. The number of aliphatic hydroxyl groups excluding tert-OH is 4. The van der Waals surface area contributed by atoms with Crippen molar-refractivity contribution >= 4 is 55.1 Å². The number of aromatic hydroxyl groups is 1. The minimum Gasteiger partial charge on any atom is -0.508 e. The van der Waals surface area contributed by atoms with Gasteiger partial charge in [-0.05, 0) is 208 Å². The first-order valence-corrected chi connectivity index (χ1v) is 38.3. The van der Waals surface area contributed by atoms with Crippen LogP contribution >= 0.6 is 55.1 Å². The van der Waals surface area contributed by atoms with Crippen LogP contribution in [0.3, 0.4) is 0 Å². The topological polar surface area (TPSA) is 225 Å². The number of phenols is 1. The minimum atomic E-state index is -1.00. The van der Waals surface area contributed by atoms with E-state index in [1.165, 1.54) is 161 Å². The Bertz CT molecular complexity index is 2730. The van der Waals surface area contributed by atoms with Gasteiger partial charge >= 0.3 is 0 Å². The summed E-state index contributed by atoms with van der Waals surface area (Å²) < 4.78 is 45.7. The first-order chi connectivity index (χ1) is 47.7. The van der Waals surface area contributed by atoms with E-state index in [4.69, 9.17) is 69.7 Å². The van der Waals surface area contributed by atoms with E-state index in [0.717, 1.165) is 87.6 Å². The van der Waals surface area contributed by atoms with E-state index in [1.54, 1.807) is 18.2 Å². The number of hydrogen-bond acceptors (Lipinski definition) is 12. The third-order valence-corrected chi connectivity index (χ3v) is 19.6. The van der Waals surface area contributed by atoms with E-state index < -0.39 is 25.5 Å². The highest BCUT2D eigenvalue weighted by Crippen LogP contribution is 2.30. The molecule has 14 nitrogen and oxygen atoms in total. The maximum Gasteiger partial charge on any atom is 0.120 e. The van der Waals surface area contributed by atoms with E-state index in [1.807, 2.05) is 103 Å². The summed E-state index contributed by atoms with van der Waals surface area (Å²) >= 11 is 17.5. The third-order valence-electron chi connectivity index (χ3n) is 17.9. The van der Waals surface area contributed by atoms with Crippen molar-refractivity contribution in [1.82, 2.24) is 0 Å². The maximum atomic E-state index is 9.96. The van der Waals surface area contributed by atoms with Crippen LogP contribution in [-0.4, -0.2) is 122 Å². The number of halogens is 5. The van der Waals surface area contributed by atoms with Crippen molar-refractivity contribution in [2.45, 2.75) is 204 Å². The Kier molecular flexibility index (Phi) is 46.7. The smallest absolute Gasteiger partial charge is 0.120 e. The molecule has 0 spiro atoms. The molecule has 4 atom stereocenters. The van der Waals surface area contributed by atoms with Gasteiger partial charge in [0.25, 0.3) is 0 Å². The van der Waals surface area contributed by atoms with Crippen LogP contribution in [0.4, 0.5) is 4.39 Å². The van der Waals surface area contributed by atoms with Gasteiger partial charge < -0.3 is 55.0 Å². The van der Waals surface area contributed by atoms with Crippen molar-refractivity contribution in [3.05, 3.63) is 157 Å². The SMILES string of the molecule is Brc1cccc(OCC2CCCCC2)c1.ClCC1CO1.NCC(O)Cc1cccc(OCC2CCCCC2)c1.OC(CCl)Cc1cccc(OCC2CCCCC2)c1.OCC1CCCCC1.Oc1cccc(Br)c1.[2H]CF.[N-]=[N+]=NCC(O)Cc1cccc(OCC2CCCCC2)c1. The van der Waals surface area contributed by atoms with E-state index in [-0.39, 0.29) is 12.4 Å². The molecule has 5 aliphatic carbocycles. The number of azide groups is 1.